The summed E-state index contributed by atoms with van der Waals surface area (Å²) in [4.78, 5) is 0. The maximum absolute atomic E-state index is 11.8. The van der Waals surface area contributed by atoms with E-state index >= 15 is 0 Å². The molecule has 0 aromatic rings. The van der Waals surface area contributed by atoms with Crippen molar-refractivity contribution in [3.63, 3.8) is 0 Å². The summed E-state index contributed by atoms with van der Waals surface area (Å²) in [5, 5.41) is 0. The number of fused-ring (bicyclic) bond motifs is 3. The molecule has 0 radical (unpaired) electrons. The highest BCUT2D eigenvalue weighted by Gasteiger charge is 2.66. The van der Waals surface area contributed by atoms with E-state index in [0.717, 1.165) is 0 Å². The van der Waals surface area contributed by atoms with Gasteiger partial charge in [0.2, 0.25) is 5.79 Å². The molecule has 0 bridgehead atoms. The van der Waals surface area contributed by atoms with Crippen LogP contribution in [0.15, 0.2) is 12.7 Å². The van der Waals surface area contributed by atoms with Crippen LogP contribution in [0, 0.1) is 0 Å². The summed E-state index contributed by atoms with van der Waals surface area (Å²) in [6.45, 7) is 5.73. The van der Waals surface area contributed by atoms with Gasteiger partial charge in [0, 0.05) is 6.54 Å². The lowest BCUT2D eigenvalue weighted by molar-refractivity contribution is -0.290. The first-order valence-corrected chi connectivity index (χ1v) is 10.1. The van der Waals surface area contributed by atoms with E-state index in [0.29, 0.717) is 0 Å². The number of rotatable bonds is 6. The Morgan fingerprint density at radius 3 is 2.76 bits per heavy atom. The predicted octanol–water partition coefficient (Wildman–Crippen LogP) is -1.07. The van der Waals surface area contributed by atoms with Crippen LogP contribution in [-0.4, -0.2) is 66.5 Å². The van der Waals surface area contributed by atoms with Crippen molar-refractivity contribution in [1.29, 1.82) is 0 Å². The lowest BCUT2D eigenvalue weighted by Gasteiger charge is -2.39. The van der Waals surface area contributed by atoms with Crippen molar-refractivity contribution in [2.75, 3.05) is 19.8 Å². The average Bonchev–Trinajstić information content (AvgIpc) is 2.95. The summed E-state index contributed by atoms with van der Waals surface area (Å²) in [7, 11) is -8.28. The van der Waals surface area contributed by atoms with Gasteiger partial charge in [-0.2, -0.15) is 21.6 Å². The van der Waals surface area contributed by atoms with E-state index in [4.69, 9.17) is 26.8 Å². The minimum absolute atomic E-state index is 0.0254. The maximum Gasteiger partial charge on any atom is 0.400 e. The second-order valence-electron chi connectivity index (χ2n) is 6.12. The van der Waals surface area contributed by atoms with Crippen molar-refractivity contribution in [3.05, 3.63) is 12.7 Å². The van der Waals surface area contributed by atoms with Crippen LogP contribution in [-0.2, 0) is 47.5 Å². The Morgan fingerprint density at radius 2 is 2.08 bits per heavy atom. The first-order chi connectivity index (χ1) is 11.5. The molecular formula is C12H19NO10S2. The van der Waals surface area contributed by atoms with Gasteiger partial charge in [0.1, 0.15) is 24.9 Å². The van der Waals surface area contributed by atoms with Crippen molar-refractivity contribution in [2.24, 2.45) is 0 Å². The van der Waals surface area contributed by atoms with E-state index < -0.39 is 57.2 Å². The summed E-state index contributed by atoms with van der Waals surface area (Å²) in [5.41, 5.74) is 0. The van der Waals surface area contributed by atoms with Crippen molar-refractivity contribution in [2.45, 2.75) is 43.7 Å². The lowest BCUT2D eigenvalue weighted by atomic mass is 9.98. The smallest absolute Gasteiger partial charge is 0.343 e. The molecule has 11 nitrogen and oxygen atoms in total. The van der Waals surface area contributed by atoms with Gasteiger partial charge < -0.3 is 14.2 Å². The second-order valence-corrected chi connectivity index (χ2v) is 8.75. The molecule has 3 aliphatic rings. The van der Waals surface area contributed by atoms with Crippen molar-refractivity contribution in [1.82, 2.24) is 4.72 Å². The van der Waals surface area contributed by atoms with Gasteiger partial charge >= 0.3 is 20.7 Å². The molecule has 13 heteroatoms. The Morgan fingerprint density at radius 1 is 1.36 bits per heavy atom. The molecule has 1 N–H and O–H groups in total. The molecule has 4 unspecified atom stereocenters. The van der Waals surface area contributed by atoms with Gasteiger partial charge in [0.05, 0.1) is 6.61 Å². The minimum atomic E-state index is -4.18. The normalized spacial score (nSPS) is 38.9. The molecule has 25 heavy (non-hydrogen) atoms. The summed E-state index contributed by atoms with van der Waals surface area (Å²) in [6.07, 6.45) is -1.70. The van der Waals surface area contributed by atoms with Gasteiger partial charge in [0.25, 0.3) is 0 Å². The van der Waals surface area contributed by atoms with Crippen LogP contribution in [0.1, 0.15) is 13.8 Å². The Balaban J connectivity index is 1.81. The number of hydrogen-bond acceptors (Lipinski definition) is 10. The number of ether oxygens (including phenoxy) is 3. The predicted molar refractivity (Wildman–Crippen MR) is 80.5 cm³/mol. The first-order valence-electron chi connectivity index (χ1n) is 7.36. The van der Waals surface area contributed by atoms with Crippen molar-refractivity contribution >= 4 is 20.7 Å². The minimum Gasteiger partial charge on any atom is -0.343 e. The zero-order valence-corrected chi connectivity index (χ0v) is 15.2. The fraction of sp³-hybridized carbons (Fsp3) is 0.833. The molecule has 3 fully saturated rings. The van der Waals surface area contributed by atoms with Crippen molar-refractivity contribution in [3.8, 4) is 0 Å². The number of nitrogens with one attached hydrogen (secondary N) is 1. The molecule has 0 amide bonds. The highest BCUT2D eigenvalue weighted by Crippen LogP contribution is 2.46. The molecule has 3 aliphatic heterocycles. The van der Waals surface area contributed by atoms with Crippen LogP contribution >= 0.6 is 0 Å². The summed E-state index contributed by atoms with van der Waals surface area (Å²) in [6, 6.07) is 0. The molecule has 0 saturated carbocycles. The van der Waals surface area contributed by atoms with Crippen LogP contribution in [0.3, 0.4) is 0 Å². The zero-order valence-electron chi connectivity index (χ0n) is 13.5. The van der Waals surface area contributed by atoms with E-state index in [9.17, 15) is 16.8 Å². The third-order valence-corrected chi connectivity index (χ3v) is 5.60. The summed E-state index contributed by atoms with van der Waals surface area (Å²) in [5.74, 6) is -2.85. The monoisotopic (exact) mass is 401 g/mol. The van der Waals surface area contributed by atoms with Gasteiger partial charge in [-0.25, -0.2) is 8.37 Å². The molecule has 3 heterocycles. The molecule has 0 aromatic heterocycles. The van der Waals surface area contributed by atoms with E-state index in [1.165, 1.54) is 6.08 Å². The molecule has 3 saturated heterocycles. The van der Waals surface area contributed by atoms with Crippen LogP contribution in [0.5, 0.6) is 0 Å². The fourth-order valence-corrected chi connectivity index (χ4v) is 4.59. The van der Waals surface area contributed by atoms with E-state index in [-0.39, 0.29) is 13.2 Å². The van der Waals surface area contributed by atoms with Crippen LogP contribution in [0.2, 0.25) is 0 Å². The van der Waals surface area contributed by atoms with Gasteiger partial charge in [-0.15, -0.1) is 6.58 Å². The molecule has 0 spiro atoms. The van der Waals surface area contributed by atoms with Crippen LogP contribution in [0.4, 0.5) is 0 Å². The van der Waals surface area contributed by atoms with Gasteiger partial charge in [-0.1, -0.05) is 6.08 Å². The third-order valence-electron chi connectivity index (χ3n) is 3.71. The summed E-state index contributed by atoms with van der Waals surface area (Å²) >= 11 is 0. The SMILES string of the molecule is C=CCNS(=O)(=O)OCC12OCC3OS(=O)(=O)OC3C1OC(C)(C)O2. The Hall–Kier alpha value is -0.640. The average molecular weight is 401 g/mol. The van der Waals surface area contributed by atoms with Crippen LogP contribution in [0.25, 0.3) is 0 Å². The molecular weight excluding hydrogens is 382 g/mol. The van der Waals surface area contributed by atoms with Crippen LogP contribution < -0.4 is 4.72 Å². The Bertz CT molecular complexity index is 748. The fourth-order valence-electron chi connectivity index (χ4n) is 2.86. The maximum atomic E-state index is 11.8. The van der Waals surface area contributed by atoms with E-state index in [1.54, 1.807) is 13.8 Å². The standard InChI is InChI=1S/C12H19NO10S2/c1-4-5-13-24(14,15)19-7-12-10(20-11(2,3)23-12)9-8(6-18-12)21-25(16,17)22-9/h4,8-10,13H,1,5-7H2,2-3H3. The highest BCUT2D eigenvalue weighted by molar-refractivity contribution is 7.84. The Labute approximate surface area is 145 Å². The summed E-state index contributed by atoms with van der Waals surface area (Å²) < 4.78 is 80.4. The Kier molecular flexibility index (Phi) is 4.75. The quantitative estimate of drug-likeness (QED) is 0.548. The first kappa shape index (κ1) is 19.1. The molecule has 0 aliphatic carbocycles. The molecule has 4 atom stereocenters. The molecule has 144 valence electrons. The van der Waals surface area contributed by atoms with E-state index in [2.05, 4.69) is 11.3 Å². The number of hydrogen-bond donors (Lipinski definition) is 1. The van der Waals surface area contributed by atoms with Gasteiger partial charge in [0.15, 0.2) is 5.79 Å². The largest absolute Gasteiger partial charge is 0.400 e. The third kappa shape index (κ3) is 3.89. The lowest BCUT2D eigenvalue weighted by Crippen LogP contribution is -2.60. The zero-order chi connectivity index (χ0) is 18.5. The highest BCUT2D eigenvalue weighted by atomic mass is 32.3. The van der Waals surface area contributed by atoms with Gasteiger partial charge in [-0.3, -0.25) is 4.18 Å². The van der Waals surface area contributed by atoms with E-state index in [1.807, 2.05) is 0 Å². The molecule has 3 rings (SSSR count). The topological polar surface area (TPSA) is 136 Å². The second kappa shape index (κ2) is 6.21. The van der Waals surface area contributed by atoms with Crippen molar-refractivity contribution < 1.29 is 43.6 Å². The van der Waals surface area contributed by atoms with Gasteiger partial charge in [-0.05, 0) is 13.8 Å². The molecule has 0 aromatic carbocycles.